The summed E-state index contributed by atoms with van der Waals surface area (Å²) in [6.45, 7) is 1.95. The third-order valence-electron chi connectivity index (χ3n) is 3.45. The van der Waals surface area contributed by atoms with Gasteiger partial charge in [-0.05, 0) is 34.9 Å². The molecule has 2 nitrogen and oxygen atoms in total. The molecule has 0 saturated heterocycles. The fraction of sp³-hybridized carbons (Fsp3) is 0.176. The molecule has 1 aromatic heterocycles. The van der Waals surface area contributed by atoms with E-state index in [4.69, 9.17) is 4.42 Å². The number of hydrogen-bond donors (Lipinski definition) is 1. The van der Waals surface area contributed by atoms with E-state index in [2.05, 4.69) is 30.3 Å². The van der Waals surface area contributed by atoms with Crippen LogP contribution in [0.4, 0.5) is 0 Å². The molecule has 3 rings (SSSR count). The topological polar surface area (TPSA) is 33.4 Å². The molecule has 1 N–H and O–H groups in total. The number of furan rings is 1. The van der Waals surface area contributed by atoms with E-state index < -0.39 is 6.10 Å². The Morgan fingerprint density at radius 1 is 1.05 bits per heavy atom. The van der Waals surface area contributed by atoms with Gasteiger partial charge in [-0.2, -0.15) is 0 Å². The van der Waals surface area contributed by atoms with Crippen LogP contribution in [0.3, 0.4) is 0 Å². The molecule has 0 spiro atoms. The fourth-order valence-electron chi connectivity index (χ4n) is 2.41. The second-order valence-corrected chi connectivity index (χ2v) is 4.87. The Balaban J connectivity index is 1.87. The SMILES string of the molecule is Cc1ccoc1C(O)Cc1ccc2ccccc2c1. The lowest BCUT2D eigenvalue weighted by atomic mass is 10.0. The highest BCUT2D eigenvalue weighted by Crippen LogP contribution is 2.24. The van der Waals surface area contributed by atoms with Crippen LogP contribution >= 0.6 is 0 Å². The summed E-state index contributed by atoms with van der Waals surface area (Å²) in [7, 11) is 0. The minimum Gasteiger partial charge on any atom is -0.466 e. The molecule has 0 aliphatic rings. The summed E-state index contributed by atoms with van der Waals surface area (Å²) < 4.78 is 5.34. The van der Waals surface area contributed by atoms with Crippen molar-refractivity contribution >= 4 is 10.8 Å². The highest BCUT2D eigenvalue weighted by atomic mass is 16.4. The zero-order chi connectivity index (χ0) is 13.2. The van der Waals surface area contributed by atoms with Gasteiger partial charge in [0.1, 0.15) is 11.9 Å². The molecule has 2 heteroatoms. The molecular weight excluding hydrogens is 236 g/mol. The average molecular weight is 252 g/mol. The van der Waals surface area contributed by atoms with Crippen LogP contribution in [0.5, 0.6) is 0 Å². The Labute approximate surface area is 112 Å². The van der Waals surface area contributed by atoms with Crippen LogP contribution < -0.4 is 0 Å². The van der Waals surface area contributed by atoms with Gasteiger partial charge < -0.3 is 9.52 Å². The summed E-state index contributed by atoms with van der Waals surface area (Å²) in [4.78, 5) is 0. The van der Waals surface area contributed by atoms with Gasteiger partial charge in [-0.25, -0.2) is 0 Å². The molecule has 0 radical (unpaired) electrons. The van der Waals surface area contributed by atoms with E-state index in [0.717, 1.165) is 11.1 Å². The van der Waals surface area contributed by atoms with Gasteiger partial charge in [-0.15, -0.1) is 0 Å². The zero-order valence-corrected chi connectivity index (χ0v) is 10.8. The first-order valence-corrected chi connectivity index (χ1v) is 6.44. The van der Waals surface area contributed by atoms with Gasteiger partial charge in [0, 0.05) is 6.42 Å². The molecule has 2 aromatic carbocycles. The number of aliphatic hydroxyl groups excluding tert-OH is 1. The first kappa shape index (κ1) is 12.0. The van der Waals surface area contributed by atoms with Crippen molar-refractivity contribution in [2.24, 2.45) is 0 Å². The average Bonchev–Trinajstić information content (AvgIpc) is 2.85. The van der Waals surface area contributed by atoms with Gasteiger partial charge in [-0.3, -0.25) is 0 Å². The van der Waals surface area contributed by atoms with Crippen LogP contribution in [0, 0.1) is 6.92 Å². The number of aryl methyl sites for hydroxylation is 1. The first-order valence-electron chi connectivity index (χ1n) is 6.44. The number of fused-ring (bicyclic) bond motifs is 1. The lowest BCUT2D eigenvalue weighted by Gasteiger charge is -2.10. The Hall–Kier alpha value is -2.06. The van der Waals surface area contributed by atoms with Crippen molar-refractivity contribution in [2.45, 2.75) is 19.4 Å². The largest absolute Gasteiger partial charge is 0.466 e. The summed E-state index contributed by atoms with van der Waals surface area (Å²) >= 11 is 0. The Bertz CT molecular complexity index is 697. The van der Waals surface area contributed by atoms with Crippen LogP contribution in [0.1, 0.15) is 23.0 Å². The normalized spacial score (nSPS) is 12.7. The van der Waals surface area contributed by atoms with Crippen LogP contribution in [0.25, 0.3) is 10.8 Å². The van der Waals surface area contributed by atoms with Crippen molar-refractivity contribution in [2.75, 3.05) is 0 Å². The van der Waals surface area contributed by atoms with Crippen molar-refractivity contribution < 1.29 is 9.52 Å². The molecule has 0 aliphatic heterocycles. The van der Waals surface area contributed by atoms with Gasteiger partial charge in [0.2, 0.25) is 0 Å². The van der Waals surface area contributed by atoms with E-state index in [1.54, 1.807) is 6.26 Å². The van der Waals surface area contributed by atoms with Crippen molar-refractivity contribution in [1.82, 2.24) is 0 Å². The minimum atomic E-state index is -0.587. The molecule has 0 saturated carbocycles. The van der Waals surface area contributed by atoms with Gasteiger partial charge >= 0.3 is 0 Å². The third kappa shape index (κ3) is 2.40. The molecule has 96 valence electrons. The first-order chi connectivity index (χ1) is 9.24. The Kier molecular flexibility index (Phi) is 3.10. The van der Waals surface area contributed by atoms with Crippen molar-refractivity contribution in [3.63, 3.8) is 0 Å². The number of aliphatic hydroxyl groups is 1. The lowest BCUT2D eigenvalue weighted by Crippen LogP contribution is -2.01. The number of benzene rings is 2. The molecule has 19 heavy (non-hydrogen) atoms. The van der Waals surface area contributed by atoms with Crippen molar-refractivity contribution in [3.8, 4) is 0 Å². The molecule has 0 amide bonds. The van der Waals surface area contributed by atoms with Crippen LogP contribution in [-0.4, -0.2) is 5.11 Å². The van der Waals surface area contributed by atoms with E-state index in [1.807, 2.05) is 25.1 Å². The summed E-state index contributed by atoms with van der Waals surface area (Å²) in [6, 6.07) is 16.4. The third-order valence-corrected chi connectivity index (χ3v) is 3.45. The predicted molar refractivity (Wildman–Crippen MR) is 76.1 cm³/mol. The molecular formula is C17H16O2. The maximum atomic E-state index is 10.2. The van der Waals surface area contributed by atoms with Crippen LogP contribution in [-0.2, 0) is 6.42 Å². The fourth-order valence-corrected chi connectivity index (χ4v) is 2.41. The molecule has 0 aliphatic carbocycles. The molecule has 1 unspecified atom stereocenters. The van der Waals surface area contributed by atoms with Crippen molar-refractivity contribution in [3.05, 3.63) is 71.7 Å². The van der Waals surface area contributed by atoms with Gasteiger partial charge in [0.05, 0.1) is 6.26 Å². The summed E-state index contributed by atoms with van der Waals surface area (Å²) in [5.74, 6) is 0.660. The molecule has 1 atom stereocenters. The van der Waals surface area contributed by atoms with Gasteiger partial charge in [0.15, 0.2) is 0 Å². The smallest absolute Gasteiger partial charge is 0.135 e. The summed E-state index contributed by atoms with van der Waals surface area (Å²) in [6.07, 6.45) is 1.60. The zero-order valence-electron chi connectivity index (χ0n) is 10.8. The number of rotatable bonds is 3. The minimum absolute atomic E-state index is 0.569. The predicted octanol–water partition coefficient (Wildman–Crippen LogP) is 4.02. The lowest BCUT2D eigenvalue weighted by molar-refractivity contribution is 0.149. The van der Waals surface area contributed by atoms with Crippen LogP contribution in [0.15, 0.2) is 59.2 Å². The maximum Gasteiger partial charge on any atom is 0.135 e. The highest BCUT2D eigenvalue weighted by molar-refractivity contribution is 5.82. The summed E-state index contributed by atoms with van der Waals surface area (Å²) in [5.41, 5.74) is 2.11. The van der Waals surface area contributed by atoms with E-state index in [9.17, 15) is 5.11 Å². The standard InChI is InChI=1S/C17H16O2/c1-12-8-9-19-17(12)16(18)11-13-6-7-14-4-2-3-5-15(14)10-13/h2-10,16,18H,11H2,1H3. The van der Waals surface area contributed by atoms with Crippen LogP contribution in [0.2, 0.25) is 0 Å². The second kappa shape index (κ2) is 4.90. The Morgan fingerprint density at radius 3 is 2.58 bits per heavy atom. The van der Waals surface area contributed by atoms with Gasteiger partial charge in [-0.1, -0.05) is 42.5 Å². The van der Waals surface area contributed by atoms with E-state index in [1.165, 1.54) is 10.8 Å². The van der Waals surface area contributed by atoms with Gasteiger partial charge in [0.25, 0.3) is 0 Å². The van der Waals surface area contributed by atoms with E-state index >= 15 is 0 Å². The second-order valence-electron chi connectivity index (χ2n) is 4.87. The molecule has 1 heterocycles. The monoisotopic (exact) mass is 252 g/mol. The highest BCUT2D eigenvalue weighted by Gasteiger charge is 2.14. The quantitative estimate of drug-likeness (QED) is 0.763. The molecule has 3 aromatic rings. The van der Waals surface area contributed by atoms with E-state index in [-0.39, 0.29) is 0 Å². The molecule has 0 fully saturated rings. The van der Waals surface area contributed by atoms with E-state index in [0.29, 0.717) is 12.2 Å². The number of hydrogen-bond acceptors (Lipinski definition) is 2. The molecule has 0 bridgehead atoms. The summed E-state index contributed by atoms with van der Waals surface area (Å²) in [5, 5.41) is 12.6. The van der Waals surface area contributed by atoms with Crippen molar-refractivity contribution in [1.29, 1.82) is 0 Å². The maximum absolute atomic E-state index is 10.2. The Morgan fingerprint density at radius 2 is 1.84 bits per heavy atom.